The lowest BCUT2D eigenvalue weighted by Crippen LogP contribution is -2.20. The molecule has 0 radical (unpaired) electrons. The van der Waals surface area contributed by atoms with Crippen LogP contribution in [0.1, 0.15) is 47.1 Å². The van der Waals surface area contributed by atoms with E-state index in [4.69, 9.17) is 0 Å². The summed E-state index contributed by atoms with van der Waals surface area (Å²) in [5.41, 5.74) is 3.30. The molecule has 0 aliphatic rings. The molecule has 3 heterocycles. The van der Waals surface area contributed by atoms with Gasteiger partial charge in [-0.3, -0.25) is 9.78 Å². The summed E-state index contributed by atoms with van der Waals surface area (Å²) in [5.74, 6) is -1.93. The number of aromatic hydroxyl groups is 1. The molecule has 4 rings (SSSR count). The zero-order valence-corrected chi connectivity index (χ0v) is 19.9. The number of hydrogen-bond donors (Lipinski definition) is 4. The van der Waals surface area contributed by atoms with Gasteiger partial charge in [0.1, 0.15) is 5.75 Å². The number of pyridine rings is 2. The van der Waals surface area contributed by atoms with Gasteiger partial charge in [-0.2, -0.15) is 0 Å². The number of halogens is 1. The number of carbonyl (C=O) groups is 1. The zero-order chi connectivity index (χ0) is 23.7. The predicted molar refractivity (Wildman–Crippen MR) is 134 cm³/mol. The highest BCUT2D eigenvalue weighted by Crippen LogP contribution is 2.32. The third kappa shape index (κ3) is 4.55. The van der Waals surface area contributed by atoms with Gasteiger partial charge in [0.25, 0.3) is 5.56 Å². The smallest absolute Gasteiger partial charge is 0.345 e. The van der Waals surface area contributed by atoms with Crippen LogP contribution in [0.3, 0.4) is 0 Å². The van der Waals surface area contributed by atoms with Gasteiger partial charge in [-0.15, -0.1) is 12.4 Å². The van der Waals surface area contributed by atoms with Crippen LogP contribution in [0.25, 0.3) is 22.2 Å². The standard InChI is InChI=1S/C25H26N4O4.ClH/c1-4-19-22(28-24(31)21(23(19)30)25(32)33)15-7-8-20-17(10-15)11-18(29(20)3)13-27-14(2)16-6-5-9-26-12-16;/h5-12,14,27H,4,13H2,1-3H3,(H,32,33)(H2,28,30,31);1H. The second-order valence-corrected chi connectivity index (χ2v) is 8.05. The minimum Gasteiger partial charge on any atom is -0.506 e. The number of benzene rings is 1. The fraction of sp³-hybridized carbons (Fsp3) is 0.240. The number of aromatic nitrogens is 3. The molecular weight excluding hydrogens is 456 g/mol. The Balaban J connectivity index is 0.00000324. The largest absolute Gasteiger partial charge is 0.506 e. The van der Waals surface area contributed by atoms with Crippen LogP contribution >= 0.6 is 12.4 Å². The molecule has 178 valence electrons. The third-order valence-corrected chi connectivity index (χ3v) is 6.06. The van der Waals surface area contributed by atoms with Crippen molar-refractivity contribution in [3.63, 3.8) is 0 Å². The summed E-state index contributed by atoms with van der Waals surface area (Å²) in [4.78, 5) is 30.5. The Bertz CT molecular complexity index is 1400. The summed E-state index contributed by atoms with van der Waals surface area (Å²) in [6, 6.07) is 11.9. The first-order valence-electron chi connectivity index (χ1n) is 10.7. The fourth-order valence-corrected chi connectivity index (χ4v) is 4.16. The van der Waals surface area contributed by atoms with E-state index >= 15 is 0 Å². The van der Waals surface area contributed by atoms with Gasteiger partial charge in [-0.25, -0.2) is 4.79 Å². The van der Waals surface area contributed by atoms with Crippen molar-refractivity contribution < 1.29 is 15.0 Å². The molecule has 0 bridgehead atoms. The summed E-state index contributed by atoms with van der Waals surface area (Å²) < 4.78 is 2.11. The van der Waals surface area contributed by atoms with Crippen molar-refractivity contribution >= 4 is 29.3 Å². The van der Waals surface area contributed by atoms with Gasteiger partial charge in [0.05, 0.1) is 5.69 Å². The first kappa shape index (κ1) is 25.0. The maximum Gasteiger partial charge on any atom is 0.345 e. The lowest BCUT2D eigenvalue weighted by atomic mass is 9.99. The third-order valence-electron chi connectivity index (χ3n) is 6.06. The van der Waals surface area contributed by atoms with Crippen LogP contribution in [0, 0.1) is 0 Å². The van der Waals surface area contributed by atoms with Crippen LogP contribution in [0.5, 0.6) is 5.75 Å². The Hall–Kier alpha value is -3.62. The Morgan fingerprint density at radius 3 is 2.68 bits per heavy atom. The molecule has 9 heteroatoms. The lowest BCUT2D eigenvalue weighted by Gasteiger charge is -2.14. The number of nitrogens with zero attached hydrogens (tertiary/aromatic N) is 2. The number of carboxylic acids is 1. The van der Waals surface area contributed by atoms with E-state index in [2.05, 4.69) is 32.8 Å². The quantitative estimate of drug-likeness (QED) is 0.314. The highest BCUT2D eigenvalue weighted by Gasteiger charge is 2.22. The first-order chi connectivity index (χ1) is 15.8. The predicted octanol–water partition coefficient (Wildman–Crippen LogP) is 4.17. The molecule has 0 saturated heterocycles. The highest BCUT2D eigenvalue weighted by molar-refractivity contribution is 5.92. The number of hydrogen-bond acceptors (Lipinski definition) is 5. The molecule has 3 aromatic heterocycles. The maximum absolute atomic E-state index is 12.3. The number of aromatic carboxylic acids is 1. The van der Waals surface area contributed by atoms with Crippen molar-refractivity contribution in [2.75, 3.05) is 0 Å². The maximum atomic E-state index is 12.3. The van der Waals surface area contributed by atoms with E-state index in [-0.39, 0.29) is 18.4 Å². The van der Waals surface area contributed by atoms with E-state index in [1.807, 2.05) is 43.6 Å². The van der Waals surface area contributed by atoms with Crippen LogP contribution in [-0.4, -0.2) is 30.7 Å². The molecule has 0 aliphatic heterocycles. The zero-order valence-electron chi connectivity index (χ0n) is 19.1. The van der Waals surface area contributed by atoms with Gasteiger partial charge in [-0.1, -0.05) is 19.1 Å². The summed E-state index contributed by atoms with van der Waals surface area (Å²) in [6.07, 6.45) is 3.97. The molecule has 8 nitrogen and oxygen atoms in total. The summed E-state index contributed by atoms with van der Waals surface area (Å²) in [7, 11) is 2.00. The lowest BCUT2D eigenvalue weighted by molar-refractivity contribution is 0.0691. The molecule has 0 aliphatic carbocycles. The first-order valence-corrected chi connectivity index (χ1v) is 10.7. The van der Waals surface area contributed by atoms with Crippen molar-refractivity contribution in [2.24, 2.45) is 7.05 Å². The average molecular weight is 483 g/mol. The highest BCUT2D eigenvalue weighted by atomic mass is 35.5. The van der Waals surface area contributed by atoms with Gasteiger partial charge in [-0.05, 0) is 48.7 Å². The van der Waals surface area contributed by atoms with E-state index in [9.17, 15) is 19.8 Å². The number of nitrogens with one attached hydrogen (secondary N) is 2. The molecule has 4 aromatic rings. The molecule has 0 fully saturated rings. The SMILES string of the molecule is CCc1c(-c2ccc3c(c2)cc(CNC(C)c2cccnc2)n3C)[nH]c(=O)c(C(=O)O)c1O.Cl. The van der Waals surface area contributed by atoms with Crippen molar-refractivity contribution in [1.29, 1.82) is 0 Å². The van der Waals surface area contributed by atoms with Gasteiger partial charge >= 0.3 is 5.97 Å². The molecule has 0 spiro atoms. The van der Waals surface area contributed by atoms with Crippen LogP contribution in [-0.2, 0) is 20.0 Å². The van der Waals surface area contributed by atoms with E-state index in [1.54, 1.807) is 13.1 Å². The van der Waals surface area contributed by atoms with Gasteiger partial charge in [0.2, 0.25) is 0 Å². The minimum atomic E-state index is -1.45. The van der Waals surface area contributed by atoms with E-state index in [0.717, 1.165) is 22.2 Å². The molecule has 1 atom stereocenters. The molecule has 1 unspecified atom stereocenters. The Morgan fingerprint density at radius 2 is 2.03 bits per heavy atom. The van der Waals surface area contributed by atoms with Crippen LogP contribution in [0.15, 0.2) is 53.6 Å². The van der Waals surface area contributed by atoms with Gasteiger partial charge in [0.15, 0.2) is 5.56 Å². The number of H-pyrrole nitrogens is 1. The summed E-state index contributed by atoms with van der Waals surface area (Å²) in [6.45, 7) is 4.55. The van der Waals surface area contributed by atoms with Crippen LogP contribution < -0.4 is 10.9 Å². The number of carboxylic acid groups (broad SMARTS) is 1. The van der Waals surface area contributed by atoms with Crippen molar-refractivity contribution in [3.8, 4) is 17.0 Å². The summed E-state index contributed by atoms with van der Waals surface area (Å²) >= 11 is 0. The average Bonchev–Trinajstić information content (AvgIpc) is 3.12. The van der Waals surface area contributed by atoms with Crippen LogP contribution in [0.2, 0.25) is 0 Å². The van der Waals surface area contributed by atoms with Gasteiger partial charge < -0.3 is 25.1 Å². The second kappa shape index (κ2) is 10.1. The molecule has 0 saturated carbocycles. The number of fused-ring (bicyclic) bond motifs is 1. The molecule has 34 heavy (non-hydrogen) atoms. The molecular formula is C25H27ClN4O4. The number of rotatable bonds is 7. The minimum absolute atomic E-state index is 0. The molecule has 1 aromatic carbocycles. The monoisotopic (exact) mass is 482 g/mol. The van der Waals surface area contributed by atoms with Crippen molar-refractivity contribution in [3.05, 3.63) is 81.5 Å². The second-order valence-electron chi connectivity index (χ2n) is 8.05. The molecule has 0 amide bonds. The van der Waals surface area contributed by atoms with Crippen molar-refractivity contribution in [1.82, 2.24) is 19.9 Å². The van der Waals surface area contributed by atoms with E-state index in [0.29, 0.717) is 29.8 Å². The Morgan fingerprint density at radius 1 is 1.26 bits per heavy atom. The normalized spacial score (nSPS) is 11.9. The number of aryl methyl sites for hydroxylation is 1. The van der Waals surface area contributed by atoms with E-state index < -0.39 is 22.8 Å². The van der Waals surface area contributed by atoms with Gasteiger partial charge in [0, 0.05) is 54.2 Å². The summed E-state index contributed by atoms with van der Waals surface area (Å²) in [5, 5.41) is 24.2. The molecule has 4 N–H and O–H groups in total. The number of aromatic amines is 1. The van der Waals surface area contributed by atoms with Crippen molar-refractivity contribution in [2.45, 2.75) is 32.9 Å². The fourth-order valence-electron chi connectivity index (χ4n) is 4.16. The topological polar surface area (TPSA) is 120 Å². The Kier molecular flexibility index (Phi) is 7.44. The van der Waals surface area contributed by atoms with E-state index in [1.165, 1.54) is 0 Å². The Labute approximate surface area is 202 Å². The van der Waals surface area contributed by atoms with Crippen LogP contribution in [0.4, 0.5) is 0 Å².